The summed E-state index contributed by atoms with van der Waals surface area (Å²) in [6, 6.07) is -0.694. The molecule has 0 aromatic heterocycles. The topological polar surface area (TPSA) is 95.9 Å². The summed E-state index contributed by atoms with van der Waals surface area (Å²) >= 11 is 0. The molecule has 302 valence electrons. The largest absolute Gasteiger partial charge is 0.462 e. The number of hydrogen-bond acceptors (Lipinski definition) is 5. The lowest BCUT2D eigenvalue weighted by Gasteiger charge is -2.24. The maximum Gasteiger partial charge on any atom is 0.306 e. The monoisotopic (exact) mass is 722 g/mol. The molecule has 3 atom stereocenters. The fraction of sp³-hybridized carbons (Fsp3) is 0.911. The van der Waals surface area contributed by atoms with Crippen molar-refractivity contribution in [2.75, 3.05) is 6.61 Å². The highest BCUT2D eigenvalue weighted by molar-refractivity contribution is 5.77. The van der Waals surface area contributed by atoms with Crippen LogP contribution in [0.1, 0.15) is 239 Å². The first-order chi connectivity index (χ1) is 25.0. The number of carbonyl (C=O) groups is 2. The van der Waals surface area contributed by atoms with Gasteiger partial charge in [0.1, 0.15) is 6.10 Å². The molecular formula is C45H87NO5. The molecule has 0 rings (SSSR count). The van der Waals surface area contributed by atoms with E-state index in [0.717, 1.165) is 57.8 Å². The van der Waals surface area contributed by atoms with E-state index in [9.17, 15) is 19.8 Å². The average Bonchev–Trinajstić information content (AvgIpc) is 3.12. The lowest BCUT2D eigenvalue weighted by Crippen LogP contribution is -2.46. The van der Waals surface area contributed by atoms with Gasteiger partial charge in [-0.25, -0.2) is 0 Å². The molecule has 6 nitrogen and oxygen atoms in total. The van der Waals surface area contributed by atoms with Gasteiger partial charge in [-0.2, -0.15) is 0 Å². The SMILES string of the molecule is CCCCCCCC/C=C\CCCCCC(=O)OC(CCCCCCCCCCCC)CC(=O)NC(CO)C(O)CCCCCCCCCCC. The van der Waals surface area contributed by atoms with Crippen LogP contribution in [0.3, 0.4) is 0 Å². The number of nitrogens with one attached hydrogen (secondary N) is 1. The van der Waals surface area contributed by atoms with Crippen LogP contribution in [0.25, 0.3) is 0 Å². The van der Waals surface area contributed by atoms with Gasteiger partial charge < -0.3 is 20.3 Å². The van der Waals surface area contributed by atoms with Crippen molar-refractivity contribution in [3.05, 3.63) is 12.2 Å². The number of carbonyl (C=O) groups excluding carboxylic acids is 2. The second-order valence-corrected chi connectivity index (χ2v) is 15.5. The van der Waals surface area contributed by atoms with Crippen molar-refractivity contribution >= 4 is 11.9 Å². The average molecular weight is 722 g/mol. The fourth-order valence-corrected chi connectivity index (χ4v) is 6.89. The molecule has 0 saturated heterocycles. The minimum atomic E-state index is -0.781. The smallest absolute Gasteiger partial charge is 0.306 e. The normalized spacial score (nSPS) is 13.4. The first kappa shape index (κ1) is 49.6. The lowest BCUT2D eigenvalue weighted by molar-refractivity contribution is -0.151. The number of amides is 1. The van der Waals surface area contributed by atoms with E-state index in [1.54, 1.807) is 0 Å². The van der Waals surface area contributed by atoms with E-state index in [0.29, 0.717) is 19.3 Å². The first-order valence-corrected chi connectivity index (χ1v) is 22.4. The zero-order valence-electron chi connectivity index (χ0n) is 34.3. The molecule has 3 N–H and O–H groups in total. The molecule has 0 spiro atoms. The summed E-state index contributed by atoms with van der Waals surface area (Å²) in [5, 5.41) is 23.5. The Balaban J connectivity index is 4.57. The number of ether oxygens (including phenoxy) is 1. The summed E-state index contributed by atoms with van der Waals surface area (Å²) in [4.78, 5) is 25.9. The molecule has 0 fully saturated rings. The number of rotatable bonds is 40. The number of aliphatic hydroxyl groups is 2. The van der Waals surface area contributed by atoms with Crippen LogP contribution < -0.4 is 5.32 Å². The van der Waals surface area contributed by atoms with Gasteiger partial charge in [0.2, 0.25) is 5.91 Å². The Morgan fingerprint density at radius 3 is 1.39 bits per heavy atom. The summed E-state index contributed by atoms with van der Waals surface area (Å²) in [6.07, 6.45) is 41.3. The third-order valence-electron chi connectivity index (χ3n) is 10.3. The highest BCUT2D eigenvalue weighted by Crippen LogP contribution is 2.17. The third kappa shape index (κ3) is 35.4. The van der Waals surface area contributed by atoms with Crippen LogP contribution in [0, 0.1) is 0 Å². The summed E-state index contributed by atoms with van der Waals surface area (Å²) in [7, 11) is 0. The Labute approximate surface area is 317 Å². The molecule has 0 aliphatic rings. The minimum absolute atomic E-state index is 0.0772. The summed E-state index contributed by atoms with van der Waals surface area (Å²) in [5.41, 5.74) is 0. The zero-order valence-corrected chi connectivity index (χ0v) is 34.3. The van der Waals surface area contributed by atoms with Crippen molar-refractivity contribution in [3.63, 3.8) is 0 Å². The molecule has 0 heterocycles. The predicted octanol–water partition coefficient (Wildman–Crippen LogP) is 12.6. The Morgan fingerprint density at radius 2 is 0.941 bits per heavy atom. The van der Waals surface area contributed by atoms with Gasteiger partial charge >= 0.3 is 5.97 Å². The van der Waals surface area contributed by atoms with Gasteiger partial charge in [0, 0.05) is 6.42 Å². The van der Waals surface area contributed by atoms with Crippen molar-refractivity contribution in [1.82, 2.24) is 5.32 Å². The molecule has 6 heteroatoms. The Kier molecular flexibility index (Phi) is 38.7. The van der Waals surface area contributed by atoms with E-state index in [4.69, 9.17) is 4.74 Å². The van der Waals surface area contributed by atoms with Crippen LogP contribution in [0.4, 0.5) is 0 Å². The van der Waals surface area contributed by atoms with Crippen molar-refractivity contribution in [3.8, 4) is 0 Å². The van der Waals surface area contributed by atoms with Gasteiger partial charge in [0.15, 0.2) is 0 Å². The van der Waals surface area contributed by atoms with Crippen molar-refractivity contribution in [1.29, 1.82) is 0 Å². The maximum absolute atomic E-state index is 13.1. The van der Waals surface area contributed by atoms with Crippen molar-refractivity contribution in [2.45, 2.75) is 257 Å². The molecule has 3 unspecified atom stereocenters. The molecule has 0 aromatic carbocycles. The van der Waals surface area contributed by atoms with Gasteiger partial charge in [0.25, 0.3) is 0 Å². The Hall–Kier alpha value is -1.40. The number of allylic oxidation sites excluding steroid dienone is 2. The second kappa shape index (κ2) is 39.8. The van der Waals surface area contributed by atoms with Gasteiger partial charge in [-0.15, -0.1) is 0 Å². The molecule has 0 saturated carbocycles. The quantitative estimate of drug-likeness (QED) is 0.0332. The number of aliphatic hydroxyl groups excluding tert-OH is 2. The Bertz CT molecular complexity index is 772. The van der Waals surface area contributed by atoms with Crippen LogP contribution in [0.5, 0.6) is 0 Å². The molecule has 0 bridgehead atoms. The molecule has 0 radical (unpaired) electrons. The van der Waals surface area contributed by atoms with E-state index in [1.165, 1.54) is 135 Å². The molecule has 0 aromatic rings. The van der Waals surface area contributed by atoms with Crippen LogP contribution in [-0.2, 0) is 14.3 Å². The van der Waals surface area contributed by atoms with E-state index in [1.807, 2.05) is 0 Å². The highest BCUT2D eigenvalue weighted by atomic mass is 16.5. The van der Waals surface area contributed by atoms with Crippen LogP contribution >= 0.6 is 0 Å². The van der Waals surface area contributed by atoms with Crippen molar-refractivity contribution < 1.29 is 24.5 Å². The lowest BCUT2D eigenvalue weighted by atomic mass is 10.0. The number of hydrogen-bond donors (Lipinski definition) is 3. The van der Waals surface area contributed by atoms with Gasteiger partial charge in [-0.05, 0) is 51.4 Å². The van der Waals surface area contributed by atoms with Crippen LogP contribution in [0.15, 0.2) is 12.2 Å². The number of esters is 1. The van der Waals surface area contributed by atoms with E-state index in [2.05, 4.69) is 38.2 Å². The van der Waals surface area contributed by atoms with Gasteiger partial charge in [0.05, 0.1) is 25.2 Å². The molecular weight excluding hydrogens is 634 g/mol. The number of unbranched alkanes of at least 4 members (excludes halogenated alkanes) is 26. The third-order valence-corrected chi connectivity index (χ3v) is 10.3. The zero-order chi connectivity index (χ0) is 37.5. The van der Waals surface area contributed by atoms with Crippen LogP contribution in [-0.4, -0.2) is 46.9 Å². The minimum Gasteiger partial charge on any atom is -0.462 e. The molecule has 0 aliphatic carbocycles. The summed E-state index contributed by atoms with van der Waals surface area (Å²) < 4.78 is 5.88. The van der Waals surface area contributed by atoms with E-state index >= 15 is 0 Å². The standard InChI is InChI=1S/C45H87NO5/c1-4-7-10-13-16-19-21-22-23-26-29-32-35-38-45(50)51-41(36-33-30-27-25-20-17-14-11-8-5-2)39-44(49)46-42(40-47)43(48)37-34-31-28-24-18-15-12-9-6-3/h22-23,41-43,47-48H,4-21,24-40H2,1-3H3,(H,46,49)/b23-22-. The van der Waals surface area contributed by atoms with E-state index < -0.39 is 18.2 Å². The second-order valence-electron chi connectivity index (χ2n) is 15.5. The molecule has 1 amide bonds. The van der Waals surface area contributed by atoms with Gasteiger partial charge in [-0.3, -0.25) is 9.59 Å². The maximum atomic E-state index is 13.1. The van der Waals surface area contributed by atoms with E-state index in [-0.39, 0.29) is 24.9 Å². The predicted molar refractivity (Wildman–Crippen MR) is 218 cm³/mol. The first-order valence-electron chi connectivity index (χ1n) is 22.4. The Morgan fingerprint density at radius 1 is 0.549 bits per heavy atom. The van der Waals surface area contributed by atoms with Crippen molar-refractivity contribution in [2.24, 2.45) is 0 Å². The molecule has 51 heavy (non-hydrogen) atoms. The summed E-state index contributed by atoms with van der Waals surface area (Å²) in [6.45, 7) is 6.44. The highest BCUT2D eigenvalue weighted by Gasteiger charge is 2.24. The summed E-state index contributed by atoms with van der Waals surface area (Å²) in [5.74, 6) is -0.486. The van der Waals surface area contributed by atoms with Crippen LogP contribution in [0.2, 0.25) is 0 Å². The van der Waals surface area contributed by atoms with Gasteiger partial charge in [-0.1, -0.05) is 187 Å². The molecule has 0 aliphatic heterocycles. The fourth-order valence-electron chi connectivity index (χ4n) is 6.89.